The Bertz CT molecular complexity index is 441. The molecule has 0 radical (unpaired) electrons. The second-order valence-electron chi connectivity index (χ2n) is 4.26. The number of nitro benzene ring substituents is 1. The monoisotopic (exact) mass is 225 g/mol. The second kappa shape index (κ2) is 3.52. The third-order valence-corrected chi connectivity index (χ3v) is 3.31. The van der Waals surface area contributed by atoms with E-state index in [9.17, 15) is 19.6 Å². The van der Waals surface area contributed by atoms with Crippen LogP contribution in [0.4, 0.5) is 10.1 Å². The molecule has 4 nitrogen and oxygen atoms in total. The molecule has 0 amide bonds. The summed E-state index contributed by atoms with van der Waals surface area (Å²) >= 11 is 0. The first-order valence-corrected chi connectivity index (χ1v) is 5.10. The number of halogens is 1. The van der Waals surface area contributed by atoms with Crippen LogP contribution in [0, 0.1) is 15.9 Å². The van der Waals surface area contributed by atoms with E-state index in [2.05, 4.69) is 0 Å². The molecule has 5 heteroatoms. The highest BCUT2D eigenvalue weighted by Gasteiger charge is 2.48. The topological polar surface area (TPSA) is 63.4 Å². The van der Waals surface area contributed by atoms with Crippen LogP contribution in [0.25, 0.3) is 0 Å². The van der Waals surface area contributed by atoms with Crippen LogP contribution in [0.1, 0.15) is 25.3 Å². The zero-order chi connectivity index (χ0) is 11.9. The van der Waals surface area contributed by atoms with Gasteiger partial charge < -0.3 is 5.11 Å². The molecule has 1 aromatic rings. The quantitative estimate of drug-likeness (QED) is 0.633. The van der Waals surface area contributed by atoms with Crippen LogP contribution in [-0.2, 0) is 5.41 Å². The van der Waals surface area contributed by atoms with Crippen LogP contribution in [0.2, 0.25) is 0 Å². The van der Waals surface area contributed by atoms with Gasteiger partial charge in [0, 0.05) is 11.5 Å². The molecule has 1 fully saturated rings. The number of aliphatic hydroxyl groups excluding tert-OH is 1. The van der Waals surface area contributed by atoms with Crippen molar-refractivity contribution < 1.29 is 14.4 Å². The summed E-state index contributed by atoms with van der Waals surface area (Å²) in [6, 6.07) is 3.85. The normalized spacial score (nSPS) is 19.2. The zero-order valence-corrected chi connectivity index (χ0v) is 8.81. The largest absolute Gasteiger partial charge is 0.392 e. The number of aliphatic hydroxyl groups is 1. The Morgan fingerprint density at radius 1 is 1.56 bits per heavy atom. The Morgan fingerprint density at radius 2 is 2.19 bits per heavy atom. The van der Waals surface area contributed by atoms with Gasteiger partial charge in [0.2, 0.25) is 5.82 Å². The summed E-state index contributed by atoms with van der Waals surface area (Å²) in [7, 11) is 0. The van der Waals surface area contributed by atoms with Crippen molar-refractivity contribution in [1.82, 2.24) is 0 Å². The molecule has 0 heterocycles. The van der Waals surface area contributed by atoms with Gasteiger partial charge in [-0.15, -0.1) is 0 Å². The summed E-state index contributed by atoms with van der Waals surface area (Å²) < 4.78 is 13.4. The Kier molecular flexibility index (Phi) is 2.42. The van der Waals surface area contributed by atoms with E-state index < -0.39 is 27.9 Å². The highest BCUT2D eigenvalue weighted by atomic mass is 19.1. The molecule has 0 aromatic heterocycles. The lowest BCUT2D eigenvalue weighted by Crippen LogP contribution is -2.22. The van der Waals surface area contributed by atoms with Crippen molar-refractivity contribution in [2.75, 3.05) is 0 Å². The first-order chi connectivity index (χ1) is 7.47. The van der Waals surface area contributed by atoms with Gasteiger partial charge in [0.1, 0.15) is 0 Å². The number of nitro groups is 1. The SMILES string of the molecule is CC(O)C1(c2ccc([N+](=O)[O-])c(F)c2)CC1. The third kappa shape index (κ3) is 1.57. The molecule has 0 bridgehead atoms. The van der Waals surface area contributed by atoms with E-state index in [4.69, 9.17) is 0 Å². The number of benzene rings is 1. The predicted molar refractivity (Wildman–Crippen MR) is 55.6 cm³/mol. The van der Waals surface area contributed by atoms with Crippen LogP contribution in [0.15, 0.2) is 18.2 Å². The van der Waals surface area contributed by atoms with Crippen molar-refractivity contribution in [2.24, 2.45) is 0 Å². The minimum absolute atomic E-state index is 0.393. The first kappa shape index (κ1) is 11.0. The molecule has 86 valence electrons. The first-order valence-electron chi connectivity index (χ1n) is 5.10. The third-order valence-electron chi connectivity index (χ3n) is 3.31. The van der Waals surface area contributed by atoms with Crippen LogP contribution < -0.4 is 0 Å². The maximum atomic E-state index is 13.4. The van der Waals surface area contributed by atoms with Crippen molar-refractivity contribution in [2.45, 2.75) is 31.3 Å². The van der Waals surface area contributed by atoms with E-state index in [0.717, 1.165) is 25.0 Å². The van der Waals surface area contributed by atoms with Gasteiger partial charge in [0.15, 0.2) is 0 Å². The van der Waals surface area contributed by atoms with Gasteiger partial charge >= 0.3 is 5.69 Å². The van der Waals surface area contributed by atoms with Gasteiger partial charge in [-0.1, -0.05) is 6.07 Å². The van der Waals surface area contributed by atoms with Crippen molar-refractivity contribution >= 4 is 5.69 Å². The van der Waals surface area contributed by atoms with E-state index in [0.29, 0.717) is 5.56 Å². The molecular formula is C11H12FNO3. The zero-order valence-electron chi connectivity index (χ0n) is 8.81. The molecule has 16 heavy (non-hydrogen) atoms. The molecule has 1 aromatic carbocycles. The van der Waals surface area contributed by atoms with E-state index in [-0.39, 0.29) is 0 Å². The number of hydrogen-bond donors (Lipinski definition) is 1. The molecule has 1 aliphatic rings. The molecule has 1 N–H and O–H groups in total. The lowest BCUT2D eigenvalue weighted by atomic mass is 9.90. The lowest BCUT2D eigenvalue weighted by molar-refractivity contribution is -0.387. The average molecular weight is 225 g/mol. The molecule has 1 atom stereocenters. The molecule has 2 rings (SSSR count). The van der Waals surface area contributed by atoms with Crippen molar-refractivity contribution in [3.63, 3.8) is 0 Å². The van der Waals surface area contributed by atoms with Gasteiger partial charge in [0.25, 0.3) is 0 Å². The molecule has 1 unspecified atom stereocenters. The fourth-order valence-corrected chi connectivity index (χ4v) is 2.05. The fourth-order valence-electron chi connectivity index (χ4n) is 2.05. The van der Waals surface area contributed by atoms with E-state index in [1.54, 1.807) is 6.92 Å². The molecule has 0 spiro atoms. The van der Waals surface area contributed by atoms with Crippen molar-refractivity contribution in [3.8, 4) is 0 Å². The van der Waals surface area contributed by atoms with Gasteiger partial charge in [0.05, 0.1) is 11.0 Å². The summed E-state index contributed by atoms with van der Waals surface area (Å²) in [4.78, 5) is 9.70. The van der Waals surface area contributed by atoms with Gasteiger partial charge in [-0.25, -0.2) is 0 Å². The molecule has 1 aliphatic carbocycles. The molecular weight excluding hydrogens is 213 g/mol. The maximum absolute atomic E-state index is 13.4. The van der Waals surface area contributed by atoms with Gasteiger partial charge in [-0.05, 0) is 31.4 Å². The summed E-state index contributed by atoms with van der Waals surface area (Å²) in [6.45, 7) is 1.66. The Hall–Kier alpha value is -1.49. The van der Waals surface area contributed by atoms with Crippen LogP contribution in [0.5, 0.6) is 0 Å². The number of hydrogen-bond acceptors (Lipinski definition) is 3. The second-order valence-corrected chi connectivity index (χ2v) is 4.26. The number of rotatable bonds is 3. The highest BCUT2D eigenvalue weighted by molar-refractivity contribution is 5.41. The van der Waals surface area contributed by atoms with E-state index >= 15 is 0 Å². The maximum Gasteiger partial charge on any atom is 0.304 e. The minimum Gasteiger partial charge on any atom is -0.392 e. The summed E-state index contributed by atoms with van der Waals surface area (Å²) in [6.07, 6.45) is 1.03. The highest BCUT2D eigenvalue weighted by Crippen LogP contribution is 2.51. The molecule has 1 saturated carbocycles. The smallest absolute Gasteiger partial charge is 0.304 e. The van der Waals surface area contributed by atoms with E-state index in [1.165, 1.54) is 6.07 Å². The van der Waals surface area contributed by atoms with E-state index in [1.807, 2.05) is 0 Å². The Labute approximate surface area is 91.9 Å². The van der Waals surface area contributed by atoms with Crippen molar-refractivity contribution in [1.29, 1.82) is 0 Å². The van der Waals surface area contributed by atoms with Crippen molar-refractivity contribution in [3.05, 3.63) is 39.7 Å². The van der Waals surface area contributed by atoms with Gasteiger partial charge in [-0.3, -0.25) is 10.1 Å². The predicted octanol–water partition coefficient (Wildman–Crippen LogP) is 2.15. The summed E-state index contributed by atoms with van der Waals surface area (Å²) in [5.41, 5.74) is -0.272. The molecule has 0 saturated heterocycles. The van der Waals surface area contributed by atoms with Crippen LogP contribution in [-0.4, -0.2) is 16.1 Å². The number of nitrogens with zero attached hydrogens (tertiary/aromatic N) is 1. The lowest BCUT2D eigenvalue weighted by Gasteiger charge is -2.18. The minimum atomic E-state index is -0.838. The fraction of sp³-hybridized carbons (Fsp3) is 0.455. The van der Waals surface area contributed by atoms with Gasteiger partial charge in [-0.2, -0.15) is 4.39 Å². The summed E-state index contributed by atoms with van der Waals surface area (Å²) in [5.74, 6) is -0.838. The standard InChI is InChI=1S/C11H12FNO3/c1-7(14)11(4-5-11)8-2-3-10(13(15)16)9(12)6-8/h2-3,6-7,14H,4-5H2,1H3. The Morgan fingerprint density at radius 3 is 2.56 bits per heavy atom. The van der Waals surface area contributed by atoms with Crippen LogP contribution in [0.3, 0.4) is 0 Å². The summed E-state index contributed by atoms with van der Waals surface area (Å²) in [5, 5.41) is 20.1. The Balaban J connectivity index is 2.39. The average Bonchev–Trinajstić information content (AvgIpc) is 2.97. The van der Waals surface area contributed by atoms with Crippen LogP contribution >= 0.6 is 0 Å². The molecule has 0 aliphatic heterocycles.